The summed E-state index contributed by atoms with van der Waals surface area (Å²) < 4.78 is 1.26. The summed E-state index contributed by atoms with van der Waals surface area (Å²) >= 11 is 7.22. The molecule has 2 heterocycles. The molecule has 1 unspecified atom stereocenters. The fourth-order valence-corrected chi connectivity index (χ4v) is 4.64. The van der Waals surface area contributed by atoms with Crippen molar-refractivity contribution in [2.45, 2.75) is 25.3 Å². The van der Waals surface area contributed by atoms with Crippen molar-refractivity contribution in [3.05, 3.63) is 37.1 Å². The zero-order chi connectivity index (χ0) is 11.0. The summed E-state index contributed by atoms with van der Waals surface area (Å²) in [7, 11) is 0. The van der Waals surface area contributed by atoms with Crippen molar-refractivity contribution < 1.29 is 0 Å². The van der Waals surface area contributed by atoms with Crippen molar-refractivity contribution in [3.8, 4) is 0 Å². The first-order valence-corrected chi connectivity index (χ1v) is 7.95. The van der Waals surface area contributed by atoms with Gasteiger partial charge in [0.2, 0.25) is 0 Å². The normalized spacial score (nSPS) is 19.4. The van der Waals surface area contributed by atoms with Crippen LogP contribution in [0.2, 0.25) is 0 Å². The van der Waals surface area contributed by atoms with E-state index in [-0.39, 0.29) is 0 Å². The number of thiophene rings is 2. The number of hydrogen-bond donors (Lipinski definition) is 1. The van der Waals surface area contributed by atoms with Gasteiger partial charge in [0, 0.05) is 15.9 Å². The number of nitrogens with one attached hydrogen (secondary N) is 1. The van der Waals surface area contributed by atoms with Gasteiger partial charge < -0.3 is 5.32 Å². The van der Waals surface area contributed by atoms with Crippen molar-refractivity contribution in [1.29, 1.82) is 0 Å². The van der Waals surface area contributed by atoms with Gasteiger partial charge >= 0.3 is 0 Å². The van der Waals surface area contributed by atoms with Crippen molar-refractivity contribution in [3.63, 3.8) is 0 Å². The fourth-order valence-electron chi connectivity index (χ4n) is 2.22. The Bertz CT molecular complexity index is 475. The molecule has 4 heteroatoms. The van der Waals surface area contributed by atoms with E-state index in [1.807, 2.05) is 11.3 Å². The molecule has 1 nitrogen and oxygen atoms in total. The third-order valence-corrected chi connectivity index (χ3v) is 5.34. The lowest BCUT2D eigenvalue weighted by Gasteiger charge is -2.24. The van der Waals surface area contributed by atoms with Crippen LogP contribution in [-0.2, 0) is 6.42 Å². The Morgan fingerprint density at radius 1 is 1.44 bits per heavy atom. The second-order valence-electron chi connectivity index (χ2n) is 4.03. The van der Waals surface area contributed by atoms with Gasteiger partial charge in [-0.25, -0.2) is 0 Å². The summed E-state index contributed by atoms with van der Waals surface area (Å²) in [5.74, 6) is 0. The Morgan fingerprint density at radius 3 is 3.19 bits per heavy atom. The molecule has 0 aliphatic heterocycles. The van der Waals surface area contributed by atoms with Gasteiger partial charge in [-0.3, -0.25) is 0 Å². The molecule has 1 atom stereocenters. The van der Waals surface area contributed by atoms with Gasteiger partial charge in [-0.05, 0) is 58.3 Å². The summed E-state index contributed by atoms with van der Waals surface area (Å²) in [4.78, 5) is 1.55. The van der Waals surface area contributed by atoms with Crippen LogP contribution in [-0.4, -0.2) is 0 Å². The number of halogens is 1. The Labute approximate surface area is 112 Å². The standard InChI is InChI=1S/C12H12BrNS2/c13-12-6-9-10(2-1-3-11(9)16-12)14-8-4-5-15-7-8/h4-7,10,14H,1-3H2. The smallest absolute Gasteiger partial charge is 0.0705 e. The molecular weight excluding hydrogens is 302 g/mol. The number of hydrogen-bond acceptors (Lipinski definition) is 3. The van der Waals surface area contributed by atoms with Gasteiger partial charge in [0.1, 0.15) is 0 Å². The predicted molar refractivity (Wildman–Crippen MR) is 75.6 cm³/mol. The number of fused-ring (bicyclic) bond motifs is 1. The average Bonchev–Trinajstić information content (AvgIpc) is 2.86. The van der Waals surface area contributed by atoms with E-state index in [2.05, 4.69) is 44.1 Å². The van der Waals surface area contributed by atoms with Crippen LogP contribution >= 0.6 is 38.6 Å². The first-order valence-electron chi connectivity index (χ1n) is 5.40. The molecule has 16 heavy (non-hydrogen) atoms. The Morgan fingerprint density at radius 2 is 2.38 bits per heavy atom. The highest BCUT2D eigenvalue weighted by molar-refractivity contribution is 9.11. The van der Waals surface area contributed by atoms with E-state index in [0.29, 0.717) is 6.04 Å². The van der Waals surface area contributed by atoms with Gasteiger partial charge in [-0.15, -0.1) is 11.3 Å². The minimum absolute atomic E-state index is 0.501. The highest BCUT2D eigenvalue weighted by atomic mass is 79.9. The van der Waals surface area contributed by atoms with Crippen LogP contribution in [0.3, 0.4) is 0 Å². The molecule has 2 aromatic rings. The van der Waals surface area contributed by atoms with E-state index in [1.54, 1.807) is 16.2 Å². The fraction of sp³-hybridized carbons (Fsp3) is 0.333. The van der Waals surface area contributed by atoms with Crippen LogP contribution in [0.4, 0.5) is 5.69 Å². The van der Waals surface area contributed by atoms with Gasteiger partial charge in [0.15, 0.2) is 0 Å². The molecule has 0 amide bonds. The quantitative estimate of drug-likeness (QED) is 0.817. The highest BCUT2D eigenvalue weighted by Gasteiger charge is 2.22. The molecule has 84 valence electrons. The van der Waals surface area contributed by atoms with Crippen molar-refractivity contribution >= 4 is 44.3 Å². The van der Waals surface area contributed by atoms with Crippen molar-refractivity contribution in [1.82, 2.24) is 0 Å². The zero-order valence-electron chi connectivity index (χ0n) is 8.70. The van der Waals surface area contributed by atoms with Gasteiger partial charge in [0.25, 0.3) is 0 Å². The summed E-state index contributed by atoms with van der Waals surface area (Å²) in [5, 5.41) is 7.92. The molecule has 0 spiro atoms. The van der Waals surface area contributed by atoms with E-state index in [9.17, 15) is 0 Å². The minimum atomic E-state index is 0.501. The van der Waals surface area contributed by atoms with Gasteiger partial charge in [-0.2, -0.15) is 11.3 Å². The molecule has 1 aliphatic rings. The van der Waals surface area contributed by atoms with Gasteiger partial charge in [0.05, 0.1) is 9.83 Å². The molecule has 0 saturated carbocycles. The molecular formula is C12H12BrNS2. The van der Waals surface area contributed by atoms with Crippen LogP contribution in [0.1, 0.15) is 29.3 Å². The van der Waals surface area contributed by atoms with Crippen LogP contribution in [0.5, 0.6) is 0 Å². The molecule has 0 saturated heterocycles. The summed E-state index contributed by atoms with van der Waals surface area (Å²) in [6.07, 6.45) is 3.78. The molecule has 1 N–H and O–H groups in total. The maximum absolute atomic E-state index is 3.63. The average molecular weight is 314 g/mol. The first kappa shape index (κ1) is 10.8. The van der Waals surface area contributed by atoms with E-state index >= 15 is 0 Å². The monoisotopic (exact) mass is 313 g/mol. The van der Waals surface area contributed by atoms with Crippen LogP contribution in [0.15, 0.2) is 26.7 Å². The zero-order valence-corrected chi connectivity index (χ0v) is 11.9. The number of anilines is 1. The highest BCUT2D eigenvalue weighted by Crippen LogP contribution is 2.39. The summed E-state index contributed by atoms with van der Waals surface area (Å²) in [6.45, 7) is 0. The van der Waals surface area contributed by atoms with Crippen molar-refractivity contribution in [2.75, 3.05) is 5.32 Å². The lowest BCUT2D eigenvalue weighted by atomic mass is 9.94. The molecule has 1 aliphatic carbocycles. The van der Waals surface area contributed by atoms with Crippen LogP contribution in [0.25, 0.3) is 0 Å². The van der Waals surface area contributed by atoms with E-state index in [4.69, 9.17) is 0 Å². The summed E-state index contributed by atoms with van der Waals surface area (Å²) in [6, 6.07) is 4.93. The Balaban J connectivity index is 1.87. The molecule has 2 aromatic heterocycles. The summed E-state index contributed by atoms with van der Waals surface area (Å²) in [5.41, 5.74) is 2.75. The largest absolute Gasteiger partial charge is 0.378 e. The topological polar surface area (TPSA) is 12.0 Å². The maximum atomic E-state index is 3.63. The molecule has 0 bridgehead atoms. The first-order chi connectivity index (χ1) is 7.83. The second kappa shape index (κ2) is 4.51. The molecule has 0 fully saturated rings. The Hall–Kier alpha value is -0.320. The third-order valence-electron chi connectivity index (χ3n) is 2.95. The van der Waals surface area contributed by atoms with E-state index < -0.39 is 0 Å². The molecule has 3 rings (SSSR count). The number of rotatable bonds is 2. The van der Waals surface area contributed by atoms with Gasteiger partial charge in [-0.1, -0.05) is 0 Å². The Kier molecular flexibility index (Phi) is 3.05. The third kappa shape index (κ3) is 2.06. The molecule has 0 radical (unpaired) electrons. The maximum Gasteiger partial charge on any atom is 0.0705 e. The van der Waals surface area contributed by atoms with Crippen LogP contribution < -0.4 is 5.32 Å². The molecule has 0 aromatic carbocycles. The second-order valence-corrected chi connectivity index (χ2v) is 7.33. The lowest BCUT2D eigenvalue weighted by molar-refractivity contribution is 0.609. The minimum Gasteiger partial charge on any atom is -0.378 e. The SMILES string of the molecule is Brc1cc2c(s1)CCCC2Nc1ccsc1. The van der Waals surface area contributed by atoms with E-state index in [1.165, 1.54) is 34.3 Å². The van der Waals surface area contributed by atoms with Crippen LogP contribution in [0, 0.1) is 0 Å². The predicted octanol–water partition coefficient (Wildman–Crippen LogP) is 5.06. The number of aryl methyl sites for hydroxylation is 1. The lowest BCUT2D eigenvalue weighted by Crippen LogP contribution is -2.15. The van der Waals surface area contributed by atoms with Crippen molar-refractivity contribution in [2.24, 2.45) is 0 Å². The van der Waals surface area contributed by atoms with E-state index in [0.717, 1.165) is 0 Å².